The van der Waals surface area contributed by atoms with E-state index in [1.54, 1.807) is 31.4 Å². The summed E-state index contributed by atoms with van der Waals surface area (Å²) in [5.74, 6) is -0.317. The molecule has 144 valence electrons. The zero-order valence-corrected chi connectivity index (χ0v) is 16.0. The summed E-state index contributed by atoms with van der Waals surface area (Å²) >= 11 is 6.07. The van der Waals surface area contributed by atoms with Crippen LogP contribution in [0.2, 0.25) is 5.02 Å². The molecule has 7 heteroatoms. The number of ether oxygens (including phenoxy) is 1. The van der Waals surface area contributed by atoms with Crippen molar-refractivity contribution in [3.8, 4) is 0 Å². The Hall–Kier alpha value is -2.57. The van der Waals surface area contributed by atoms with Gasteiger partial charge in [0.2, 0.25) is 5.91 Å². The molecule has 0 atom stereocenters. The Morgan fingerprint density at radius 1 is 1.07 bits per heavy atom. The van der Waals surface area contributed by atoms with E-state index in [4.69, 9.17) is 16.3 Å². The van der Waals surface area contributed by atoms with Crippen LogP contribution in [0, 0.1) is 0 Å². The van der Waals surface area contributed by atoms with Gasteiger partial charge in [-0.05, 0) is 36.2 Å². The van der Waals surface area contributed by atoms with Gasteiger partial charge in [0, 0.05) is 43.1 Å². The highest BCUT2D eigenvalue weighted by atomic mass is 35.5. The topological polar surface area (TPSA) is 79.5 Å². The zero-order valence-electron chi connectivity index (χ0n) is 15.3. The van der Waals surface area contributed by atoms with Crippen LogP contribution in [0.5, 0.6) is 0 Å². The maximum absolute atomic E-state index is 12.1. The minimum absolute atomic E-state index is 0.101. The Morgan fingerprint density at radius 3 is 2.67 bits per heavy atom. The molecule has 0 unspecified atom stereocenters. The average molecular weight is 390 g/mol. The summed E-state index contributed by atoms with van der Waals surface area (Å²) in [6.45, 7) is 1.62. The van der Waals surface area contributed by atoms with E-state index in [1.807, 2.05) is 24.3 Å². The highest BCUT2D eigenvalue weighted by molar-refractivity contribution is 6.31. The number of carbonyl (C=O) groups excluding carboxylic acids is 2. The Labute approximate surface area is 164 Å². The molecule has 0 aliphatic carbocycles. The molecule has 2 aromatic rings. The lowest BCUT2D eigenvalue weighted by Crippen LogP contribution is -2.29. The van der Waals surface area contributed by atoms with Crippen molar-refractivity contribution in [2.45, 2.75) is 13.0 Å². The predicted molar refractivity (Wildman–Crippen MR) is 107 cm³/mol. The van der Waals surface area contributed by atoms with Gasteiger partial charge in [0.05, 0.1) is 6.54 Å². The van der Waals surface area contributed by atoms with Gasteiger partial charge in [0.15, 0.2) is 0 Å². The third-order valence-corrected chi connectivity index (χ3v) is 4.19. The molecule has 6 nitrogen and oxygen atoms in total. The minimum Gasteiger partial charge on any atom is -0.385 e. The monoisotopic (exact) mass is 389 g/mol. The smallest absolute Gasteiger partial charge is 0.251 e. The lowest BCUT2D eigenvalue weighted by atomic mass is 10.2. The molecule has 0 heterocycles. The molecule has 0 saturated carbocycles. The Kier molecular flexibility index (Phi) is 8.61. The second-order valence-electron chi connectivity index (χ2n) is 5.90. The fraction of sp³-hybridized carbons (Fsp3) is 0.300. The third kappa shape index (κ3) is 7.29. The summed E-state index contributed by atoms with van der Waals surface area (Å²) in [6.07, 6.45) is 0.756. The van der Waals surface area contributed by atoms with E-state index in [-0.39, 0.29) is 18.4 Å². The van der Waals surface area contributed by atoms with Crippen LogP contribution in [-0.2, 0) is 16.1 Å². The number of benzene rings is 2. The Bertz CT molecular complexity index is 768. The molecule has 2 rings (SSSR count). The fourth-order valence-electron chi connectivity index (χ4n) is 2.37. The van der Waals surface area contributed by atoms with Crippen molar-refractivity contribution in [3.05, 3.63) is 64.7 Å². The molecular weight excluding hydrogens is 366 g/mol. The SMILES string of the molecule is COCCCNC(=O)c1cccc(NCC(=O)NCc2ccccc2Cl)c1. The van der Waals surface area contributed by atoms with Gasteiger partial charge in [0.25, 0.3) is 5.91 Å². The fourth-order valence-corrected chi connectivity index (χ4v) is 2.57. The number of anilines is 1. The van der Waals surface area contributed by atoms with Crippen molar-refractivity contribution in [2.75, 3.05) is 32.1 Å². The maximum atomic E-state index is 12.1. The molecule has 2 amide bonds. The number of amides is 2. The molecule has 27 heavy (non-hydrogen) atoms. The lowest BCUT2D eigenvalue weighted by molar-refractivity contribution is -0.119. The van der Waals surface area contributed by atoms with Crippen molar-refractivity contribution in [1.29, 1.82) is 0 Å². The first-order valence-electron chi connectivity index (χ1n) is 8.71. The maximum Gasteiger partial charge on any atom is 0.251 e. The van der Waals surface area contributed by atoms with Gasteiger partial charge < -0.3 is 20.7 Å². The number of carbonyl (C=O) groups is 2. The average Bonchev–Trinajstić information content (AvgIpc) is 2.69. The van der Waals surface area contributed by atoms with E-state index in [9.17, 15) is 9.59 Å². The van der Waals surface area contributed by atoms with E-state index in [0.29, 0.717) is 36.0 Å². The Morgan fingerprint density at radius 2 is 1.89 bits per heavy atom. The van der Waals surface area contributed by atoms with E-state index in [2.05, 4.69) is 16.0 Å². The van der Waals surface area contributed by atoms with Gasteiger partial charge in [-0.15, -0.1) is 0 Å². The molecule has 0 aliphatic rings. The van der Waals surface area contributed by atoms with Gasteiger partial charge >= 0.3 is 0 Å². The Balaban J connectivity index is 1.79. The first kappa shape index (κ1) is 20.7. The number of hydrogen-bond acceptors (Lipinski definition) is 4. The van der Waals surface area contributed by atoms with Crippen molar-refractivity contribution in [2.24, 2.45) is 0 Å². The quantitative estimate of drug-likeness (QED) is 0.546. The minimum atomic E-state index is -0.163. The van der Waals surface area contributed by atoms with E-state index >= 15 is 0 Å². The van der Waals surface area contributed by atoms with E-state index in [0.717, 1.165) is 12.0 Å². The van der Waals surface area contributed by atoms with Gasteiger partial charge in [-0.1, -0.05) is 35.9 Å². The summed E-state index contributed by atoms with van der Waals surface area (Å²) in [6, 6.07) is 14.4. The number of nitrogens with one attached hydrogen (secondary N) is 3. The highest BCUT2D eigenvalue weighted by Gasteiger charge is 2.07. The van der Waals surface area contributed by atoms with Crippen LogP contribution in [0.4, 0.5) is 5.69 Å². The number of methoxy groups -OCH3 is 1. The van der Waals surface area contributed by atoms with Gasteiger partial charge in [-0.25, -0.2) is 0 Å². The van der Waals surface area contributed by atoms with Gasteiger partial charge in [0.1, 0.15) is 0 Å². The number of halogens is 1. The largest absolute Gasteiger partial charge is 0.385 e. The zero-order chi connectivity index (χ0) is 19.5. The second-order valence-corrected chi connectivity index (χ2v) is 6.31. The highest BCUT2D eigenvalue weighted by Crippen LogP contribution is 2.14. The summed E-state index contributed by atoms with van der Waals surface area (Å²) in [5, 5.41) is 9.28. The molecule has 0 spiro atoms. The number of rotatable bonds is 10. The van der Waals surface area contributed by atoms with Crippen molar-refractivity contribution in [3.63, 3.8) is 0 Å². The van der Waals surface area contributed by atoms with Crippen molar-refractivity contribution in [1.82, 2.24) is 10.6 Å². The predicted octanol–water partition coefficient (Wildman–Crippen LogP) is 2.83. The number of hydrogen-bond donors (Lipinski definition) is 3. The van der Waals surface area contributed by atoms with Crippen LogP contribution >= 0.6 is 11.6 Å². The van der Waals surface area contributed by atoms with Crippen LogP contribution in [0.15, 0.2) is 48.5 Å². The van der Waals surface area contributed by atoms with E-state index in [1.165, 1.54) is 0 Å². The second kappa shape index (κ2) is 11.2. The first-order chi connectivity index (χ1) is 13.1. The summed E-state index contributed by atoms with van der Waals surface area (Å²) in [5.41, 5.74) is 2.10. The van der Waals surface area contributed by atoms with Crippen LogP contribution in [0.25, 0.3) is 0 Å². The molecule has 0 saturated heterocycles. The van der Waals surface area contributed by atoms with E-state index < -0.39 is 0 Å². The van der Waals surface area contributed by atoms with Crippen molar-refractivity contribution >= 4 is 29.1 Å². The summed E-state index contributed by atoms with van der Waals surface area (Å²) in [7, 11) is 1.63. The molecule has 2 aromatic carbocycles. The van der Waals surface area contributed by atoms with Crippen LogP contribution in [0.3, 0.4) is 0 Å². The summed E-state index contributed by atoms with van der Waals surface area (Å²) in [4.78, 5) is 24.1. The van der Waals surface area contributed by atoms with Gasteiger partial charge in [-0.2, -0.15) is 0 Å². The first-order valence-corrected chi connectivity index (χ1v) is 9.09. The van der Waals surface area contributed by atoms with Crippen LogP contribution in [0.1, 0.15) is 22.3 Å². The molecule has 3 N–H and O–H groups in total. The molecular formula is C20H24ClN3O3. The molecule has 0 aliphatic heterocycles. The molecule has 0 bridgehead atoms. The van der Waals surface area contributed by atoms with Crippen molar-refractivity contribution < 1.29 is 14.3 Å². The molecule has 0 aromatic heterocycles. The van der Waals surface area contributed by atoms with Gasteiger partial charge in [-0.3, -0.25) is 9.59 Å². The standard InChI is InChI=1S/C20H24ClN3O3/c1-27-11-5-10-22-20(26)15-7-4-8-17(12-15)23-14-19(25)24-13-16-6-2-3-9-18(16)21/h2-4,6-9,12,23H,5,10-11,13-14H2,1H3,(H,22,26)(H,24,25). The van der Waals surface area contributed by atoms with Crippen LogP contribution in [-0.4, -0.2) is 38.6 Å². The normalized spacial score (nSPS) is 10.3. The molecule has 0 fully saturated rings. The molecule has 0 radical (unpaired) electrons. The summed E-state index contributed by atoms with van der Waals surface area (Å²) < 4.78 is 4.95. The third-order valence-electron chi connectivity index (χ3n) is 3.82. The van der Waals surface area contributed by atoms with Crippen LogP contribution < -0.4 is 16.0 Å². The lowest BCUT2D eigenvalue weighted by Gasteiger charge is -2.10.